The Hall–Kier alpha value is -0.610. The molecule has 0 aliphatic carbocycles. The molecule has 82 valence electrons. The average molecular weight is 200 g/mol. The standard InChI is InChI=1S/C10H20N2O2/c1-8(10(13)14-3)7-12-5-4-11-6-9(12)2/h8-9,11H,4-7H2,1-3H3. The van der Waals surface area contributed by atoms with Gasteiger partial charge < -0.3 is 10.1 Å². The van der Waals surface area contributed by atoms with Crippen molar-refractivity contribution in [2.45, 2.75) is 19.9 Å². The third-order valence-corrected chi connectivity index (χ3v) is 2.75. The maximum atomic E-state index is 11.2. The molecular formula is C10H20N2O2. The summed E-state index contributed by atoms with van der Waals surface area (Å²) in [6, 6.07) is 0.510. The maximum absolute atomic E-state index is 11.2. The number of carbonyl (C=O) groups is 1. The molecule has 1 heterocycles. The van der Waals surface area contributed by atoms with Gasteiger partial charge in [0.25, 0.3) is 0 Å². The van der Waals surface area contributed by atoms with Gasteiger partial charge in [-0.1, -0.05) is 6.92 Å². The van der Waals surface area contributed by atoms with Gasteiger partial charge in [0, 0.05) is 32.2 Å². The molecule has 14 heavy (non-hydrogen) atoms. The zero-order valence-corrected chi connectivity index (χ0v) is 9.25. The third kappa shape index (κ3) is 2.96. The van der Waals surface area contributed by atoms with E-state index in [1.807, 2.05) is 6.92 Å². The largest absolute Gasteiger partial charge is 0.469 e. The van der Waals surface area contributed by atoms with Crippen LogP contribution in [-0.4, -0.2) is 50.2 Å². The van der Waals surface area contributed by atoms with Crippen LogP contribution in [0.4, 0.5) is 0 Å². The molecule has 4 heteroatoms. The van der Waals surface area contributed by atoms with E-state index in [1.54, 1.807) is 0 Å². The Morgan fingerprint density at radius 2 is 2.43 bits per heavy atom. The maximum Gasteiger partial charge on any atom is 0.309 e. The quantitative estimate of drug-likeness (QED) is 0.656. The normalized spacial score (nSPS) is 25.8. The topological polar surface area (TPSA) is 41.6 Å². The highest BCUT2D eigenvalue weighted by Crippen LogP contribution is 2.07. The Morgan fingerprint density at radius 1 is 1.71 bits per heavy atom. The molecule has 1 aliphatic rings. The molecule has 0 amide bonds. The lowest BCUT2D eigenvalue weighted by molar-refractivity contribution is -0.145. The van der Waals surface area contributed by atoms with Gasteiger partial charge in [-0.05, 0) is 6.92 Å². The SMILES string of the molecule is COC(=O)C(C)CN1CCNCC1C. The fourth-order valence-electron chi connectivity index (χ4n) is 1.78. The second kappa shape index (κ2) is 5.32. The molecule has 1 N–H and O–H groups in total. The first-order chi connectivity index (χ1) is 6.65. The molecule has 2 atom stereocenters. The van der Waals surface area contributed by atoms with Crippen molar-refractivity contribution in [1.29, 1.82) is 0 Å². The van der Waals surface area contributed by atoms with Gasteiger partial charge >= 0.3 is 5.97 Å². The first-order valence-corrected chi connectivity index (χ1v) is 5.17. The minimum atomic E-state index is -0.115. The van der Waals surface area contributed by atoms with Gasteiger partial charge in [-0.15, -0.1) is 0 Å². The molecule has 1 aliphatic heterocycles. The van der Waals surface area contributed by atoms with Gasteiger partial charge in [0.05, 0.1) is 13.0 Å². The molecule has 0 aromatic rings. The first kappa shape index (κ1) is 11.5. The zero-order chi connectivity index (χ0) is 10.6. The number of rotatable bonds is 3. The highest BCUT2D eigenvalue weighted by atomic mass is 16.5. The zero-order valence-electron chi connectivity index (χ0n) is 9.25. The van der Waals surface area contributed by atoms with Crippen molar-refractivity contribution in [2.24, 2.45) is 5.92 Å². The smallest absolute Gasteiger partial charge is 0.309 e. The monoisotopic (exact) mass is 200 g/mol. The van der Waals surface area contributed by atoms with Crippen molar-refractivity contribution < 1.29 is 9.53 Å². The second-order valence-electron chi connectivity index (χ2n) is 3.97. The van der Waals surface area contributed by atoms with Crippen LogP contribution in [0.1, 0.15) is 13.8 Å². The van der Waals surface area contributed by atoms with Crippen LogP contribution in [0.2, 0.25) is 0 Å². The second-order valence-corrected chi connectivity index (χ2v) is 3.97. The molecule has 1 saturated heterocycles. The number of carbonyl (C=O) groups excluding carboxylic acids is 1. The van der Waals surface area contributed by atoms with Gasteiger partial charge in [-0.3, -0.25) is 9.69 Å². The van der Waals surface area contributed by atoms with Gasteiger partial charge in [0.1, 0.15) is 0 Å². The number of nitrogens with one attached hydrogen (secondary N) is 1. The van der Waals surface area contributed by atoms with Crippen molar-refractivity contribution in [3.8, 4) is 0 Å². The molecule has 0 radical (unpaired) electrons. The molecule has 0 bridgehead atoms. The van der Waals surface area contributed by atoms with Crippen LogP contribution in [0.5, 0.6) is 0 Å². The van der Waals surface area contributed by atoms with Crippen LogP contribution in [0.15, 0.2) is 0 Å². The molecular weight excluding hydrogens is 180 g/mol. The first-order valence-electron chi connectivity index (χ1n) is 5.17. The van der Waals surface area contributed by atoms with Crippen molar-refractivity contribution >= 4 is 5.97 Å². The number of ether oxygens (including phenoxy) is 1. The summed E-state index contributed by atoms with van der Waals surface area (Å²) in [5, 5.41) is 3.32. The van der Waals surface area contributed by atoms with Gasteiger partial charge in [-0.25, -0.2) is 0 Å². The molecule has 2 unspecified atom stereocenters. The Balaban J connectivity index is 2.38. The van der Waals surface area contributed by atoms with E-state index in [-0.39, 0.29) is 11.9 Å². The van der Waals surface area contributed by atoms with Gasteiger partial charge in [0.15, 0.2) is 0 Å². The molecule has 0 saturated carbocycles. The highest BCUT2D eigenvalue weighted by molar-refractivity contribution is 5.72. The van der Waals surface area contributed by atoms with E-state index >= 15 is 0 Å². The van der Waals surface area contributed by atoms with Gasteiger partial charge in [0.2, 0.25) is 0 Å². The summed E-state index contributed by atoms with van der Waals surface area (Å²) in [5.74, 6) is -0.142. The number of hydrogen-bond donors (Lipinski definition) is 1. The predicted molar refractivity (Wildman–Crippen MR) is 55.1 cm³/mol. The summed E-state index contributed by atoms with van der Waals surface area (Å²) in [7, 11) is 1.44. The number of nitrogens with zero attached hydrogens (tertiary/aromatic N) is 1. The van der Waals surface area contributed by atoms with E-state index in [4.69, 9.17) is 4.74 Å². The summed E-state index contributed by atoms with van der Waals surface area (Å²) in [6.07, 6.45) is 0. The highest BCUT2D eigenvalue weighted by Gasteiger charge is 2.22. The van der Waals surface area contributed by atoms with E-state index in [1.165, 1.54) is 7.11 Å². The molecule has 1 fully saturated rings. The van der Waals surface area contributed by atoms with E-state index in [2.05, 4.69) is 17.1 Å². The van der Waals surface area contributed by atoms with Crippen LogP contribution in [-0.2, 0) is 9.53 Å². The molecule has 0 spiro atoms. The van der Waals surface area contributed by atoms with Crippen LogP contribution in [0.3, 0.4) is 0 Å². The number of esters is 1. The van der Waals surface area contributed by atoms with E-state index in [0.717, 1.165) is 26.2 Å². The number of piperazine rings is 1. The van der Waals surface area contributed by atoms with Crippen molar-refractivity contribution in [3.63, 3.8) is 0 Å². The fraction of sp³-hybridized carbons (Fsp3) is 0.900. The van der Waals surface area contributed by atoms with E-state index < -0.39 is 0 Å². The molecule has 0 aromatic heterocycles. The minimum absolute atomic E-state index is 0.0273. The average Bonchev–Trinajstić information content (AvgIpc) is 2.20. The molecule has 4 nitrogen and oxygen atoms in total. The minimum Gasteiger partial charge on any atom is -0.469 e. The Bertz CT molecular complexity index is 197. The number of methoxy groups -OCH3 is 1. The van der Waals surface area contributed by atoms with Gasteiger partial charge in [-0.2, -0.15) is 0 Å². The predicted octanol–water partition coefficient (Wildman–Crippen LogP) is 0.0892. The Kier molecular flexibility index (Phi) is 4.35. The third-order valence-electron chi connectivity index (χ3n) is 2.75. The molecule has 1 rings (SSSR count). The van der Waals surface area contributed by atoms with Crippen molar-refractivity contribution in [2.75, 3.05) is 33.3 Å². The summed E-state index contributed by atoms with van der Waals surface area (Å²) in [5.41, 5.74) is 0. The summed E-state index contributed by atoms with van der Waals surface area (Å²) < 4.78 is 4.71. The lowest BCUT2D eigenvalue weighted by Crippen LogP contribution is -2.51. The lowest BCUT2D eigenvalue weighted by Gasteiger charge is -2.34. The summed E-state index contributed by atoms with van der Waals surface area (Å²) in [6.45, 7) is 7.93. The van der Waals surface area contributed by atoms with Crippen LogP contribution < -0.4 is 5.32 Å². The van der Waals surface area contributed by atoms with Crippen molar-refractivity contribution in [1.82, 2.24) is 10.2 Å². The lowest BCUT2D eigenvalue weighted by atomic mass is 10.1. The van der Waals surface area contributed by atoms with Crippen LogP contribution in [0, 0.1) is 5.92 Å². The van der Waals surface area contributed by atoms with Crippen molar-refractivity contribution in [3.05, 3.63) is 0 Å². The van der Waals surface area contributed by atoms with Crippen LogP contribution >= 0.6 is 0 Å². The van der Waals surface area contributed by atoms with Crippen LogP contribution in [0.25, 0.3) is 0 Å². The number of hydrogen-bond acceptors (Lipinski definition) is 4. The Labute approximate surface area is 85.6 Å². The fourth-order valence-corrected chi connectivity index (χ4v) is 1.78. The summed E-state index contributed by atoms with van der Waals surface area (Å²) >= 11 is 0. The Morgan fingerprint density at radius 3 is 3.00 bits per heavy atom. The summed E-state index contributed by atoms with van der Waals surface area (Å²) in [4.78, 5) is 13.6. The van der Waals surface area contributed by atoms with E-state index in [9.17, 15) is 4.79 Å². The molecule has 0 aromatic carbocycles. The van der Waals surface area contributed by atoms with E-state index in [0.29, 0.717) is 6.04 Å².